The van der Waals surface area contributed by atoms with Crippen molar-refractivity contribution in [2.75, 3.05) is 0 Å². The predicted molar refractivity (Wildman–Crippen MR) is 172 cm³/mol. The van der Waals surface area contributed by atoms with Gasteiger partial charge in [0, 0.05) is 45.1 Å². The fourth-order valence-electron chi connectivity index (χ4n) is 6.32. The summed E-state index contributed by atoms with van der Waals surface area (Å²) < 4.78 is 4.43. The predicted octanol–water partition coefficient (Wildman–Crippen LogP) is 8.65. The molecule has 0 bridgehead atoms. The molecule has 0 saturated carbocycles. The molecule has 0 N–H and O–H groups in total. The number of hydrogen-bond acceptors (Lipinski definition) is 4. The second kappa shape index (κ2) is 8.35. The lowest BCUT2D eigenvalue weighted by molar-refractivity contribution is 0.576. The number of rotatable bonds is 1. The van der Waals surface area contributed by atoms with E-state index < -0.39 is 0 Å². The third-order valence-corrected chi connectivity index (χ3v) is 8.24. The second-order valence-corrected chi connectivity index (χ2v) is 13.3. The smallest absolute Gasteiger partial charge is 0.146 e. The summed E-state index contributed by atoms with van der Waals surface area (Å²) in [6.45, 7) is 13.3. The van der Waals surface area contributed by atoms with E-state index in [9.17, 15) is 0 Å². The first-order valence-corrected chi connectivity index (χ1v) is 14.5. The first kappa shape index (κ1) is 24.9. The molecule has 0 radical (unpaired) electrons. The third-order valence-electron chi connectivity index (χ3n) is 8.24. The van der Waals surface area contributed by atoms with Crippen LogP contribution in [0.5, 0.6) is 0 Å². The van der Waals surface area contributed by atoms with Crippen molar-refractivity contribution in [2.45, 2.75) is 52.4 Å². The van der Waals surface area contributed by atoms with Crippen LogP contribution in [0.1, 0.15) is 52.9 Å². The Balaban J connectivity index is 1.52. The molecule has 0 aliphatic heterocycles. The van der Waals surface area contributed by atoms with Crippen LogP contribution in [0.3, 0.4) is 0 Å². The van der Waals surface area contributed by atoms with Crippen LogP contribution in [0.4, 0.5) is 0 Å². The Kier molecular flexibility index (Phi) is 4.95. The molecule has 0 saturated heterocycles. The van der Waals surface area contributed by atoms with Crippen molar-refractivity contribution in [3.05, 3.63) is 96.6 Å². The SMILES string of the molecule is CC(C)(C)c1nc2ccccc2c2nc3c(-c4cccn5c4nc4c6ccccc6nc(C(C)(C)C)c45)cccn3c12. The number of benzene rings is 2. The Morgan fingerprint density at radius 3 is 1.29 bits per heavy atom. The standard InChI is InChI=1S/C36H32N6/c1-35(2,3)31-29-27(23-13-7-9-17-25(23)37-31)39-33-21(15-11-19-41(29)33)22-16-12-20-42-30-28(40-34(22)42)24-14-8-10-18-26(24)38-32(30)36(4,5)6/h7-20H,1-6H3. The summed E-state index contributed by atoms with van der Waals surface area (Å²) >= 11 is 0. The number of pyridine rings is 4. The molecule has 8 rings (SSSR count). The highest BCUT2D eigenvalue weighted by Crippen LogP contribution is 2.39. The van der Waals surface area contributed by atoms with E-state index in [4.69, 9.17) is 19.9 Å². The van der Waals surface area contributed by atoms with Crippen molar-refractivity contribution in [1.82, 2.24) is 28.7 Å². The Morgan fingerprint density at radius 1 is 0.476 bits per heavy atom. The van der Waals surface area contributed by atoms with Gasteiger partial charge in [-0.25, -0.2) is 19.9 Å². The van der Waals surface area contributed by atoms with Crippen LogP contribution in [0.15, 0.2) is 85.2 Å². The van der Waals surface area contributed by atoms with Crippen LogP contribution >= 0.6 is 0 Å². The minimum absolute atomic E-state index is 0.160. The van der Waals surface area contributed by atoms with Crippen molar-refractivity contribution >= 4 is 55.2 Å². The van der Waals surface area contributed by atoms with Gasteiger partial charge in [-0.05, 0) is 36.4 Å². The van der Waals surface area contributed by atoms with Gasteiger partial charge in [-0.1, -0.05) is 77.9 Å². The molecule has 6 heteroatoms. The van der Waals surface area contributed by atoms with Crippen molar-refractivity contribution in [3.63, 3.8) is 0 Å². The van der Waals surface area contributed by atoms with Crippen LogP contribution in [0, 0.1) is 0 Å². The molecule has 206 valence electrons. The van der Waals surface area contributed by atoms with Crippen LogP contribution in [-0.2, 0) is 10.8 Å². The zero-order valence-corrected chi connectivity index (χ0v) is 24.8. The van der Waals surface area contributed by atoms with Crippen LogP contribution in [0.25, 0.3) is 66.3 Å². The van der Waals surface area contributed by atoms with Gasteiger partial charge < -0.3 is 0 Å². The van der Waals surface area contributed by atoms with Gasteiger partial charge in [0.25, 0.3) is 0 Å². The fraction of sp³-hybridized carbons (Fsp3) is 0.222. The minimum atomic E-state index is -0.160. The molecule has 0 atom stereocenters. The first-order valence-electron chi connectivity index (χ1n) is 14.5. The highest BCUT2D eigenvalue weighted by molar-refractivity contribution is 6.08. The number of hydrogen-bond donors (Lipinski definition) is 0. The fourth-order valence-corrected chi connectivity index (χ4v) is 6.32. The molecule has 8 aromatic rings. The van der Waals surface area contributed by atoms with Gasteiger partial charge in [0.1, 0.15) is 22.3 Å². The summed E-state index contributed by atoms with van der Waals surface area (Å²) in [5.74, 6) is 0. The Bertz CT molecular complexity index is 2210. The maximum Gasteiger partial charge on any atom is 0.146 e. The molecule has 0 spiro atoms. The topological polar surface area (TPSA) is 60.4 Å². The van der Waals surface area contributed by atoms with Crippen molar-refractivity contribution in [1.29, 1.82) is 0 Å². The molecular weight excluding hydrogens is 516 g/mol. The first-order chi connectivity index (χ1) is 20.1. The van der Waals surface area contributed by atoms with E-state index in [1.54, 1.807) is 0 Å². The highest BCUT2D eigenvalue weighted by Gasteiger charge is 2.27. The monoisotopic (exact) mass is 548 g/mol. The Hall–Kier alpha value is -4.84. The summed E-state index contributed by atoms with van der Waals surface area (Å²) in [6.07, 6.45) is 4.22. The van der Waals surface area contributed by atoms with E-state index in [1.165, 1.54) is 0 Å². The summed E-state index contributed by atoms with van der Waals surface area (Å²) in [5, 5.41) is 2.12. The third kappa shape index (κ3) is 3.44. The number of imidazole rings is 2. The molecule has 2 aromatic carbocycles. The van der Waals surface area contributed by atoms with E-state index in [2.05, 4.69) is 123 Å². The molecule has 0 aliphatic carbocycles. The lowest BCUT2D eigenvalue weighted by Gasteiger charge is -2.20. The molecule has 0 unspecified atom stereocenters. The number of para-hydroxylation sites is 2. The number of nitrogens with zero attached hydrogens (tertiary/aromatic N) is 6. The quantitative estimate of drug-likeness (QED) is 0.206. The zero-order chi connectivity index (χ0) is 29.0. The number of fused-ring (bicyclic) bond motifs is 10. The largest absolute Gasteiger partial charge is 0.297 e. The lowest BCUT2D eigenvalue weighted by atomic mass is 9.90. The van der Waals surface area contributed by atoms with Crippen molar-refractivity contribution in [2.24, 2.45) is 0 Å². The summed E-state index contributed by atoms with van der Waals surface area (Å²) in [5.41, 5.74) is 11.6. The molecular formula is C36H32N6. The Morgan fingerprint density at radius 2 is 0.881 bits per heavy atom. The molecule has 6 heterocycles. The van der Waals surface area contributed by atoms with Gasteiger partial charge in [-0.15, -0.1) is 0 Å². The van der Waals surface area contributed by atoms with Crippen LogP contribution < -0.4 is 0 Å². The molecule has 6 aromatic heterocycles. The molecule has 42 heavy (non-hydrogen) atoms. The van der Waals surface area contributed by atoms with Gasteiger partial charge in [-0.3, -0.25) is 8.80 Å². The summed E-state index contributed by atoms with van der Waals surface area (Å²) in [7, 11) is 0. The highest BCUT2D eigenvalue weighted by atomic mass is 15.0. The maximum absolute atomic E-state index is 5.33. The van der Waals surface area contributed by atoms with E-state index in [0.29, 0.717) is 0 Å². The van der Waals surface area contributed by atoms with E-state index in [0.717, 1.165) is 77.7 Å². The molecule has 0 aliphatic rings. The molecule has 0 fully saturated rings. The van der Waals surface area contributed by atoms with Gasteiger partial charge >= 0.3 is 0 Å². The molecule has 0 amide bonds. The van der Waals surface area contributed by atoms with E-state index >= 15 is 0 Å². The Labute approximate surface area is 243 Å². The lowest BCUT2D eigenvalue weighted by Crippen LogP contribution is -2.15. The van der Waals surface area contributed by atoms with Gasteiger partial charge in [0.15, 0.2) is 0 Å². The van der Waals surface area contributed by atoms with Gasteiger partial charge in [0.05, 0.1) is 33.5 Å². The normalized spacial score (nSPS) is 13.0. The van der Waals surface area contributed by atoms with E-state index in [1.807, 2.05) is 12.1 Å². The van der Waals surface area contributed by atoms with Crippen LogP contribution in [0.2, 0.25) is 0 Å². The zero-order valence-electron chi connectivity index (χ0n) is 24.8. The average Bonchev–Trinajstić information content (AvgIpc) is 3.55. The van der Waals surface area contributed by atoms with Crippen LogP contribution in [-0.4, -0.2) is 28.7 Å². The van der Waals surface area contributed by atoms with Gasteiger partial charge in [0.2, 0.25) is 0 Å². The maximum atomic E-state index is 5.33. The molecule has 6 nitrogen and oxygen atoms in total. The number of aromatic nitrogens is 6. The summed E-state index contributed by atoms with van der Waals surface area (Å²) in [4.78, 5) is 21.0. The van der Waals surface area contributed by atoms with E-state index in [-0.39, 0.29) is 10.8 Å². The minimum Gasteiger partial charge on any atom is -0.297 e. The average molecular weight is 549 g/mol. The van der Waals surface area contributed by atoms with Crippen molar-refractivity contribution < 1.29 is 0 Å². The van der Waals surface area contributed by atoms with Gasteiger partial charge in [-0.2, -0.15) is 0 Å². The van der Waals surface area contributed by atoms with Crippen molar-refractivity contribution in [3.8, 4) is 11.1 Å². The summed E-state index contributed by atoms with van der Waals surface area (Å²) in [6, 6.07) is 25.1. The second-order valence-electron chi connectivity index (χ2n) is 13.3.